The van der Waals surface area contributed by atoms with E-state index in [0.717, 1.165) is 32.1 Å². The van der Waals surface area contributed by atoms with Crippen LogP contribution in [0.5, 0.6) is 17.2 Å². The van der Waals surface area contributed by atoms with Crippen molar-refractivity contribution in [3.63, 3.8) is 0 Å². The average molecular weight is 481 g/mol. The third-order valence-corrected chi connectivity index (χ3v) is 7.28. The van der Waals surface area contributed by atoms with E-state index in [1.54, 1.807) is 30.3 Å². The molecule has 0 atom stereocenters. The zero-order valence-electron chi connectivity index (χ0n) is 19.0. The molecule has 1 aliphatic carbocycles. The second-order valence-electron chi connectivity index (χ2n) is 8.22. The summed E-state index contributed by atoms with van der Waals surface area (Å²) in [5.74, 6) is 1.12. The van der Waals surface area contributed by atoms with Gasteiger partial charge in [0.05, 0.1) is 7.11 Å². The van der Waals surface area contributed by atoms with E-state index in [1.165, 1.54) is 19.2 Å². The first kappa shape index (κ1) is 23.8. The Balaban J connectivity index is 1.47. The normalized spacial score (nSPS) is 14.4. The van der Waals surface area contributed by atoms with E-state index in [9.17, 15) is 13.2 Å². The maximum absolute atomic E-state index is 13.1. The van der Waals surface area contributed by atoms with Crippen molar-refractivity contribution in [3.8, 4) is 17.2 Å². The van der Waals surface area contributed by atoms with Crippen LogP contribution >= 0.6 is 0 Å². The Kier molecular flexibility index (Phi) is 7.49. The summed E-state index contributed by atoms with van der Waals surface area (Å²) in [7, 11) is -2.43. The second kappa shape index (κ2) is 10.7. The molecule has 0 aliphatic heterocycles. The van der Waals surface area contributed by atoms with Crippen molar-refractivity contribution >= 4 is 21.6 Å². The van der Waals surface area contributed by atoms with Crippen LogP contribution in [0, 0.1) is 0 Å². The van der Waals surface area contributed by atoms with Crippen LogP contribution in [0.3, 0.4) is 0 Å². The summed E-state index contributed by atoms with van der Waals surface area (Å²) in [6.45, 7) is 0. The topological polar surface area (TPSA) is 93.7 Å². The summed E-state index contributed by atoms with van der Waals surface area (Å²) >= 11 is 0. The molecule has 7 nitrogen and oxygen atoms in total. The van der Waals surface area contributed by atoms with Gasteiger partial charge in [0.25, 0.3) is 5.91 Å². The van der Waals surface area contributed by atoms with Gasteiger partial charge in [-0.2, -0.15) is 0 Å². The molecule has 3 aromatic rings. The average Bonchev–Trinajstić information content (AvgIpc) is 2.86. The number of ether oxygens (including phenoxy) is 2. The number of carbonyl (C=O) groups is 1. The lowest BCUT2D eigenvalue weighted by atomic mass is 9.96. The second-order valence-corrected chi connectivity index (χ2v) is 9.90. The highest BCUT2D eigenvalue weighted by molar-refractivity contribution is 7.89. The van der Waals surface area contributed by atoms with Gasteiger partial charge in [-0.05, 0) is 67.4 Å². The van der Waals surface area contributed by atoms with E-state index in [0.29, 0.717) is 17.2 Å². The SMILES string of the molecule is COc1ccc(C(=O)Nc2ccc(Oc3ccccc3)cc2)cc1S(=O)(=O)NC1CCCCC1. The van der Waals surface area contributed by atoms with Crippen molar-refractivity contribution in [3.05, 3.63) is 78.4 Å². The number of sulfonamides is 1. The van der Waals surface area contributed by atoms with Gasteiger partial charge in [-0.25, -0.2) is 13.1 Å². The molecule has 1 fully saturated rings. The fourth-order valence-corrected chi connectivity index (χ4v) is 5.47. The Morgan fingerprint density at radius 3 is 2.24 bits per heavy atom. The summed E-state index contributed by atoms with van der Waals surface area (Å²) in [6.07, 6.45) is 4.75. The van der Waals surface area contributed by atoms with Crippen molar-refractivity contribution in [1.82, 2.24) is 4.72 Å². The largest absolute Gasteiger partial charge is 0.495 e. The predicted molar refractivity (Wildman–Crippen MR) is 131 cm³/mol. The van der Waals surface area contributed by atoms with Crippen LogP contribution in [-0.2, 0) is 10.0 Å². The van der Waals surface area contributed by atoms with Gasteiger partial charge in [0, 0.05) is 17.3 Å². The molecule has 0 saturated heterocycles. The van der Waals surface area contributed by atoms with E-state index >= 15 is 0 Å². The molecule has 1 amide bonds. The van der Waals surface area contributed by atoms with Crippen LogP contribution < -0.4 is 19.5 Å². The van der Waals surface area contributed by atoms with E-state index in [-0.39, 0.29) is 22.3 Å². The van der Waals surface area contributed by atoms with Crippen LogP contribution in [0.1, 0.15) is 42.5 Å². The Morgan fingerprint density at radius 2 is 1.56 bits per heavy atom. The molecule has 4 rings (SSSR count). The lowest BCUT2D eigenvalue weighted by molar-refractivity contribution is 0.102. The van der Waals surface area contributed by atoms with Crippen molar-refractivity contribution < 1.29 is 22.7 Å². The van der Waals surface area contributed by atoms with Gasteiger partial charge >= 0.3 is 0 Å². The highest BCUT2D eigenvalue weighted by Crippen LogP contribution is 2.28. The Bertz CT molecular complexity index is 1220. The molecule has 3 aromatic carbocycles. The number of para-hydroxylation sites is 1. The quantitative estimate of drug-likeness (QED) is 0.453. The first-order chi connectivity index (χ1) is 16.4. The minimum Gasteiger partial charge on any atom is -0.495 e. The Hall–Kier alpha value is -3.36. The van der Waals surface area contributed by atoms with Gasteiger partial charge in [0.2, 0.25) is 10.0 Å². The molecule has 0 radical (unpaired) electrons. The third kappa shape index (κ3) is 5.95. The minimum atomic E-state index is -3.84. The standard InChI is InChI=1S/C26H28N2O5S/c1-32-24-17-12-19(18-25(24)34(30,31)28-21-8-4-2-5-9-21)26(29)27-20-13-15-23(16-14-20)33-22-10-6-3-7-11-22/h3,6-7,10-18,21,28H,2,4-5,8-9H2,1H3,(H,27,29). The molecule has 0 bridgehead atoms. The number of benzene rings is 3. The molecule has 0 aromatic heterocycles. The molecule has 34 heavy (non-hydrogen) atoms. The van der Waals surface area contributed by atoms with Gasteiger partial charge in [0.15, 0.2) is 0 Å². The number of carbonyl (C=O) groups excluding carboxylic acids is 1. The van der Waals surface area contributed by atoms with Crippen molar-refractivity contribution in [2.75, 3.05) is 12.4 Å². The molecule has 178 valence electrons. The first-order valence-electron chi connectivity index (χ1n) is 11.3. The fraction of sp³-hybridized carbons (Fsp3) is 0.269. The van der Waals surface area contributed by atoms with E-state index in [1.807, 2.05) is 30.3 Å². The van der Waals surface area contributed by atoms with Crippen molar-refractivity contribution in [2.24, 2.45) is 0 Å². The van der Waals surface area contributed by atoms with E-state index < -0.39 is 15.9 Å². The number of nitrogens with one attached hydrogen (secondary N) is 2. The summed E-state index contributed by atoms with van der Waals surface area (Å²) in [5.41, 5.74) is 0.778. The number of amides is 1. The Labute approximate surface area is 200 Å². The predicted octanol–water partition coefficient (Wildman–Crippen LogP) is 5.35. The number of anilines is 1. The monoisotopic (exact) mass is 480 g/mol. The van der Waals surface area contributed by atoms with Gasteiger partial charge in [-0.15, -0.1) is 0 Å². The molecule has 8 heteroatoms. The summed E-state index contributed by atoms with van der Waals surface area (Å²) in [5, 5.41) is 2.80. The van der Waals surface area contributed by atoms with E-state index in [4.69, 9.17) is 9.47 Å². The highest BCUT2D eigenvalue weighted by Gasteiger charge is 2.26. The number of rotatable bonds is 8. The van der Waals surface area contributed by atoms with Crippen LogP contribution in [-0.4, -0.2) is 27.5 Å². The van der Waals surface area contributed by atoms with Crippen molar-refractivity contribution in [2.45, 2.75) is 43.0 Å². The third-order valence-electron chi connectivity index (χ3n) is 5.73. The van der Waals surface area contributed by atoms with Crippen LogP contribution in [0.15, 0.2) is 77.7 Å². The lowest BCUT2D eigenvalue weighted by Crippen LogP contribution is -2.36. The first-order valence-corrected chi connectivity index (χ1v) is 12.8. The smallest absolute Gasteiger partial charge is 0.255 e. The molecular formula is C26H28N2O5S. The minimum absolute atomic E-state index is 0.0418. The molecule has 2 N–H and O–H groups in total. The molecule has 1 saturated carbocycles. The number of hydrogen-bond donors (Lipinski definition) is 2. The zero-order valence-corrected chi connectivity index (χ0v) is 19.8. The van der Waals surface area contributed by atoms with Gasteiger partial charge in [0.1, 0.15) is 22.1 Å². The summed E-state index contributed by atoms with van der Waals surface area (Å²) in [6, 6.07) is 20.6. The summed E-state index contributed by atoms with van der Waals surface area (Å²) in [4.78, 5) is 12.8. The molecule has 0 heterocycles. The van der Waals surface area contributed by atoms with Crippen molar-refractivity contribution in [1.29, 1.82) is 0 Å². The van der Waals surface area contributed by atoms with Crippen LogP contribution in [0.2, 0.25) is 0 Å². The molecule has 0 unspecified atom stereocenters. The molecule has 0 spiro atoms. The maximum Gasteiger partial charge on any atom is 0.255 e. The maximum atomic E-state index is 13.1. The van der Waals surface area contributed by atoms with E-state index in [2.05, 4.69) is 10.0 Å². The fourth-order valence-electron chi connectivity index (χ4n) is 3.97. The van der Waals surface area contributed by atoms with Gasteiger partial charge < -0.3 is 14.8 Å². The molecular weight excluding hydrogens is 452 g/mol. The molecule has 1 aliphatic rings. The van der Waals surface area contributed by atoms with Gasteiger partial charge in [-0.1, -0.05) is 37.5 Å². The van der Waals surface area contributed by atoms with Crippen LogP contribution in [0.25, 0.3) is 0 Å². The van der Waals surface area contributed by atoms with Crippen LogP contribution in [0.4, 0.5) is 5.69 Å². The van der Waals surface area contributed by atoms with Gasteiger partial charge in [-0.3, -0.25) is 4.79 Å². The highest BCUT2D eigenvalue weighted by atomic mass is 32.2. The summed E-state index contributed by atoms with van der Waals surface area (Å²) < 4.78 is 39.9. The number of hydrogen-bond acceptors (Lipinski definition) is 5. The number of methoxy groups -OCH3 is 1. The zero-order chi connectivity index (χ0) is 24.0. The Morgan fingerprint density at radius 1 is 0.882 bits per heavy atom. The lowest BCUT2D eigenvalue weighted by Gasteiger charge is -2.23.